The van der Waals surface area contributed by atoms with E-state index in [0.717, 1.165) is 5.56 Å². The third-order valence-electron chi connectivity index (χ3n) is 4.42. The van der Waals surface area contributed by atoms with Gasteiger partial charge in [0, 0.05) is 10.7 Å². The number of halogens is 3. The summed E-state index contributed by atoms with van der Waals surface area (Å²) in [6.07, 6.45) is 1.01. The van der Waals surface area contributed by atoms with Crippen LogP contribution in [0.15, 0.2) is 65.8 Å². The van der Waals surface area contributed by atoms with Gasteiger partial charge in [0.15, 0.2) is 11.5 Å². The summed E-state index contributed by atoms with van der Waals surface area (Å²) in [7, 11) is 1.53. The van der Waals surface area contributed by atoms with Gasteiger partial charge >= 0.3 is 0 Å². The van der Waals surface area contributed by atoms with Crippen LogP contribution in [0.2, 0.25) is 15.1 Å². The van der Waals surface area contributed by atoms with Crippen LogP contribution in [0.3, 0.4) is 0 Å². The van der Waals surface area contributed by atoms with Crippen molar-refractivity contribution in [1.29, 1.82) is 0 Å². The minimum atomic E-state index is -0.580. The van der Waals surface area contributed by atoms with E-state index >= 15 is 0 Å². The van der Waals surface area contributed by atoms with E-state index < -0.39 is 18.2 Å². The number of rotatable bonds is 9. The molecular weight excluding hydrogens is 501 g/mol. The van der Waals surface area contributed by atoms with Crippen molar-refractivity contribution in [2.24, 2.45) is 5.10 Å². The summed E-state index contributed by atoms with van der Waals surface area (Å²) in [6.45, 7) is 0.349. The van der Waals surface area contributed by atoms with Crippen LogP contribution in [0.25, 0.3) is 0 Å². The number of benzene rings is 3. The molecule has 0 fully saturated rings. The zero-order chi connectivity index (χ0) is 24.5. The Morgan fingerprint density at radius 1 is 0.912 bits per heavy atom. The molecule has 0 heterocycles. The standard InChI is InChI=1S/C24H20Cl3N3O4/c1-33-22-10-16(4-9-21(22)34-14-15-2-5-17(25)6-3-15)13-28-30-24(32)12-23(31)29-18-7-8-19(26)20(27)11-18/h2-11,13H,12,14H2,1H3,(H,29,31)(H,30,32). The maximum Gasteiger partial charge on any atom is 0.249 e. The Bertz CT molecular complexity index is 1200. The lowest BCUT2D eigenvalue weighted by atomic mass is 10.2. The van der Waals surface area contributed by atoms with E-state index in [9.17, 15) is 9.59 Å². The van der Waals surface area contributed by atoms with E-state index in [-0.39, 0.29) is 0 Å². The zero-order valence-electron chi connectivity index (χ0n) is 18.0. The van der Waals surface area contributed by atoms with Crippen molar-refractivity contribution in [3.8, 4) is 11.5 Å². The number of anilines is 1. The van der Waals surface area contributed by atoms with E-state index in [4.69, 9.17) is 44.3 Å². The number of hydrogen-bond donors (Lipinski definition) is 2. The van der Waals surface area contributed by atoms with Crippen molar-refractivity contribution >= 4 is 58.5 Å². The Hall–Kier alpha value is -3.26. The quantitative estimate of drug-likeness (QED) is 0.215. The van der Waals surface area contributed by atoms with E-state index in [1.54, 1.807) is 42.5 Å². The normalized spacial score (nSPS) is 10.7. The average Bonchev–Trinajstić information content (AvgIpc) is 2.81. The van der Waals surface area contributed by atoms with Crippen LogP contribution in [-0.4, -0.2) is 25.1 Å². The van der Waals surface area contributed by atoms with Crippen molar-refractivity contribution < 1.29 is 19.1 Å². The first-order valence-electron chi connectivity index (χ1n) is 9.96. The second kappa shape index (κ2) is 12.3. The summed E-state index contributed by atoms with van der Waals surface area (Å²) in [5, 5.41) is 7.77. The van der Waals surface area contributed by atoms with Crippen LogP contribution >= 0.6 is 34.8 Å². The van der Waals surface area contributed by atoms with Crippen molar-refractivity contribution in [2.45, 2.75) is 13.0 Å². The fourth-order valence-electron chi connectivity index (χ4n) is 2.77. The van der Waals surface area contributed by atoms with E-state index in [2.05, 4.69) is 15.8 Å². The summed E-state index contributed by atoms with van der Waals surface area (Å²) in [6, 6.07) is 17.2. The van der Waals surface area contributed by atoms with Gasteiger partial charge in [-0.25, -0.2) is 5.43 Å². The second-order valence-corrected chi connectivity index (χ2v) is 8.22. The monoisotopic (exact) mass is 519 g/mol. The summed E-state index contributed by atoms with van der Waals surface area (Å²) >= 11 is 17.6. The molecule has 0 atom stereocenters. The Morgan fingerprint density at radius 2 is 1.68 bits per heavy atom. The number of hydrogen-bond acceptors (Lipinski definition) is 5. The van der Waals surface area contributed by atoms with Gasteiger partial charge in [0.1, 0.15) is 13.0 Å². The molecule has 34 heavy (non-hydrogen) atoms. The van der Waals surface area contributed by atoms with Crippen LogP contribution in [0.4, 0.5) is 5.69 Å². The van der Waals surface area contributed by atoms with Gasteiger partial charge < -0.3 is 14.8 Å². The molecule has 3 aromatic carbocycles. The average molecular weight is 521 g/mol. The molecule has 176 valence electrons. The lowest BCUT2D eigenvalue weighted by molar-refractivity contribution is -0.126. The number of nitrogens with one attached hydrogen (secondary N) is 2. The molecule has 0 unspecified atom stereocenters. The number of hydrazone groups is 1. The molecule has 7 nitrogen and oxygen atoms in total. The molecule has 0 aliphatic heterocycles. The predicted octanol–water partition coefficient (Wildman–Crippen LogP) is 5.71. The Labute approximate surface area is 211 Å². The molecule has 2 N–H and O–H groups in total. The number of amides is 2. The van der Waals surface area contributed by atoms with Gasteiger partial charge in [0.2, 0.25) is 11.8 Å². The largest absolute Gasteiger partial charge is 0.493 e. The minimum absolute atomic E-state index is 0.297. The number of ether oxygens (including phenoxy) is 2. The number of nitrogens with zero attached hydrogens (tertiary/aromatic N) is 1. The van der Waals surface area contributed by atoms with Gasteiger partial charge in [0.25, 0.3) is 0 Å². The first kappa shape index (κ1) is 25.4. The topological polar surface area (TPSA) is 89.0 Å². The zero-order valence-corrected chi connectivity index (χ0v) is 20.2. The fourth-order valence-corrected chi connectivity index (χ4v) is 3.19. The first-order valence-corrected chi connectivity index (χ1v) is 11.1. The summed E-state index contributed by atoms with van der Waals surface area (Å²) in [5.74, 6) is -0.0403. The van der Waals surface area contributed by atoms with Gasteiger partial charge in [-0.1, -0.05) is 46.9 Å². The third kappa shape index (κ3) is 7.66. The fraction of sp³-hybridized carbons (Fsp3) is 0.125. The van der Waals surface area contributed by atoms with E-state index in [1.807, 2.05) is 12.1 Å². The molecule has 0 spiro atoms. The smallest absolute Gasteiger partial charge is 0.249 e. The summed E-state index contributed by atoms with van der Waals surface area (Å²) in [5.41, 5.74) is 4.37. The molecule has 0 bridgehead atoms. The summed E-state index contributed by atoms with van der Waals surface area (Å²) in [4.78, 5) is 24.0. The first-order chi connectivity index (χ1) is 16.3. The molecule has 0 aliphatic carbocycles. The van der Waals surface area contributed by atoms with Crippen LogP contribution in [0.5, 0.6) is 11.5 Å². The minimum Gasteiger partial charge on any atom is -0.493 e. The van der Waals surface area contributed by atoms with Crippen molar-refractivity contribution in [2.75, 3.05) is 12.4 Å². The van der Waals surface area contributed by atoms with Crippen LogP contribution in [0.1, 0.15) is 17.5 Å². The highest BCUT2D eigenvalue weighted by molar-refractivity contribution is 6.42. The van der Waals surface area contributed by atoms with Crippen LogP contribution in [-0.2, 0) is 16.2 Å². The molecule has 10 heteroatoms. The molecule has 0 radical (unpaired) electrons. The van der Waals surface area contributed by atoms with Gasteiger partial charge in [-0.05, 0) is 59.7 Å². The van der Waals surface area contributed by atoms with E-state index in [1.165, 1.54) is 19.4 Å². The maximum absolute atomic E-state index is 12.0. The molecule has 0 saturated carbocycles. The molecule has 3 rings (SSSR count). The highest BCUT2D eigenvalue weighted by Gasteiger charge is 2.10. The number of carbonyl (C=O) groups is 2. The van der Waals surface area contributed by atoms with Gasteiger partial charge in [-0.15, -0.1) is 0 Å². The Balaban J connectivity index is 1.51. The lowest BCUT2D eigenvalue weighted by Gasteiger charge is -2.11. The predicted molar refractivity (Wildman–Crippen MR) is 134 cm³/mol. The SMILES string of the molecule is COc1cc(C=NNC(=O)CC(=O)Nc2ccc(Cl)c(Cl)c2)ccc1OCc1ccc(Cl)cc1. The number of carbonyl (C=O) groups excluding carboxylic acids is 2. The van der Waals surface area contributed by atoms with Crippen molar-refractivity contribution in [3.63, 3.8) is 0 Å². The van der Waals surface area contributed by atoms with E-state index in [0.29, 0.717) is 44.4 Å². The molecule has 2 amide bonds. The molecule has 0 aromatic heterocycles. The Kier molecular flexibility index (Phi) is 9.16. The molecule has 0 aliphatic rings. The maximum atomic E-state index is 12.0. The van der Waals surface area contributed by atoms with Crippen molar-refractivity contribution in [3.05, 3.63) is 86.9 Å². The number of methoxy groups -OCH3 is 1. The van der Waals surface area contributed by atoms with Crippen molar-refractivity contribution in [1.82, 2.24) is 5.43 Å². The molecular formula is C24H20Cl3N3O4. The van der Waals surface area contributed by atoms with Gasteiger partial charge in [-0.3, -0.25) is 9.59 Å². The summed E-state index contributed by atoms with van der Waals surface area (Å²) < 4.78 is 11.2. The van der Waals surface area contributed by atoms with Gasteiger partial charge in [-0.2, -0.15) is 5.10 Å². The second-order valence-electron chi connectivity index (χ2n) is 6.97. The van der Waals surface area contributed by atoms with Crippen LogP contribution in [0, 0.1) is 0 Å². The third-order valence-corrected chi connectivity index (χ3v) is 5.41. The highest BCUT2D eigenvalue weighted by atomic mass is 35.5. The molecule has 0 saturated heterocycles. The molecule has 3 aromatic rings. The lowest BCUT2D eigenvalue weighted by Crippen LogP contribution is -2.24. The van der Waals surface area contributed by atoms with Gasteiger partial charge in [0.05, 0.1) is 23.4 Å². The Morgan fingerprint density at radius 3 is 2.38 bits per heavy atom. The van der Waals surface area contributed by atoms with Crippen LogP contribution < -0.4 is 20.2 Å². The highest BCUT2D eigenvalue weighted by Crippen LogP contribution is 2.28.